The molecule has 17 heavy (non-hydrogen) atoms. The minimum atomic E-state index is -0.825. The number of halogens is 1. The second-order valence-corrected chi connectivity index (χ2v) is 4.12. The van der Waals surface area contributed by atoms with Crippen molar-refractivity contribution in [3.8, 4) is 0 Å². The molecule has 2 rings (SSSR count). The van der Waals surface area contributed by atoms with Gasteiger partial charge in [0.1, 0.15) is 6.10 Å². The molecule has 0 aliphatic heterocycles. The molecule has 2 heterocycles. The van der Waals surface area contributed by atoms with Crippen LogP contribution in [-0.4, -0.2) is 25.1 Å². The number of pyridine rings is 1. The summed E-state index contributed by atoms with van der Waals surface area (Å²) < 4.78 is 1.68. The molecule has 0 spiro atoms. The summed E-state index contributed by atoms with van der Waals surface area (Å²) in [6, 6.07) is 3.39. The fourth-order valence-corrected chi connectivity index (χ4v) is 1.68. The van der Waals surface area contributed by atoms with Gasteiger partial charge in [-0.25, -0.2) is 4.68 Å². The van der Waals surface area contributed by atoms with Gasteiger partial charge in [-0.05, 0) is 18.6 Å². The van der Waals surface area contributed by atoms with Crippen molar-refractivity contribution in [2.24, 2.45) is 0 Å². The van der Waals surface area contributed by atoms with E-state index in [1.165, 1.54) is 6.20 Å². The average molecular weight is 253 g/mol. The van der Waals surface area contributed by atoms with Crippen molar-refractivity contribution >= 4 is 11.6 Å². The lowest BCUT2D eigenvalue weighted by atomic mass is 10.2. The molecule has 0 fully saturated rings. The molecule has 1 atom stereocenters. The zero-order chi connectivity index (χ0) is 12.3. The molecule has 0 aliphatic rings. The van der Waals surface area contributed by atoms with Crippen molar-refractivity contribution in [2.75, 3.05) is 0 Å². The van der Waals surface area contributed by atoms with Crippen molar-refractivity contribution in [3.63, 3.8) is 0 Å². The average Bonchev–Trinajstić information content (AvgIpc) is 2.78. The number of hydrogen-bond acceptors (Lipinski definition) is 4. The number of aromatic nitrogens is 4. The monoisotopic (exact) mass is 252 g/mol. The van der Waals surface area contributed by atoms with E-state index in [-0.39, 0.29) is 0 Å². The highest BCUT2D eigenvalue weighted by Crippen LogP contribution is 2.20. The number of hydrogen-bond donors (Lipinski definition) is 1. The van der Waals surface area contributed by atoms with E-state index in [9.17, 15) is 5.11 Å². The van der Waals surface area contributed by atoms with Crippen LogP contribution in [0.4, 0.5) is 0 Å². The molecule has 2 aromatic heterocycles. The summed E-state index contributed by atoms with van der Waals surface area (Å²) in [5.74, 6) is 0. The second-order valence-electron chi connectivity index (χ2n) is 3.69. The van der Waals surface area contributed by atoms with Crippen LogP contribution in [-0.2, 0) is 6.54 Å². The summed E-state index contributed by atoms with van der Waals surface area (Å²) in [6.45, 7) is 2.76. The Labute approximate surface area is 104 Å². The first-order valence-corrected chi connectivity index (χ1v) is 5.78. The fourth-order valence-electron chi connectivity index (χ4n) is 1.56. The molecule has 0 aliphatic carbocycles. The number of aliphatic hydroxyl groups is 1. The number of nitrogens with zero attached hydrogens (tertiary/aromatic N) is 4. The molecule has 5 nitrogen and oxygen atoms in total. The quantitative estimate of drug-likeness (QED) is 0.902. The van der Waals surface area contributed by atoms with E-state index in [4.69, 9.17) is 11.6 Å². The normalized spacial score (nSPS) is 12.6. The van der Waals surface area contributed by atoms with Crippen LogP contribution in [0, 0.1) is 0 Å². The van der Waals surface area contributed by atoms with Gasteiger partial charge in [0, 0.05) is 12.7 Å². The van der Waals surface area contributed by atoms with Crippen LogP contribution < -0.4 is 0 Å². The Balaban J connectivity index is 2.26. The summed E-state index contributed by atoms with van der Waals surface area (Å²) in [5, 5.41) is 18.4. The number of aryl methyl sites for hydroxylation is 1. The minimum absolute atomic E-state index is 0.536. The number of aliphatic hydroxyl groups excluding tert-OH is 1. The summed E-state index contributed by atoms with van der Waals surface area (Å²) in [4.78, 5) is 4.08. The smallest absolute Gasteiger partial charge is 0.139 e. The summed E-state index contributed by atoms with van der Waals surface area (Å²) >= 11 is 5.75. The molecule has 2 aromatic rings. The maximum atomic E-state index is 10.2. The van der Waals surface area contributed by atoms with Gasteiger partial charge < -0.3 is 5.11 Å². The Kier molecular flexibility index (Phi) is 3.71. The maximum Gasteiger partial charge on any atom is 0.139 e. The predicted octanol–water partition coefficient (Wildman–Crippen LogP) is 1.82. The molecule has 0 amide bonds. The van der Waals surface area contributed by atoms with Crippen molar-refractivity contribution in [1.82, 2.24) is 20.0 Å². The Bertz CT molecular complexity index is 482. The highest BCUT2D eigenvalue weighted by Gasteiger charge is 2.17. The van der Waals surface area contributed by atoms with Crippen molar-refractivity contribution < 1.29 is 5.11 Å². The molecule has 0 bridgehead atoms. The van der Waals surface area contributed by atoms with E-state index in [0.29, 0.717) is 16.4 Å². The van der Waals surface area contributed by atoms with Crippen LogP contribution in [0.3, 0.4) is 0 Å². The molecule has 6 heteroatoms. The molecule has 1 N–H and O–H groups in total. The van der Waals surface area contributed by atoms with Gasteiger partial charge in [-0.1, -0.05) is 23.7 Å². The second kappa shape index (κ2) is 5.25. The maximum absolute atomic E-state index is 10.2. The summed E-state index contributed by atoms with van der Waals surface area (Å²) in [6.07, 6.45) is 3.16. The van der Waals surface area contributed by atoms with Crippen molar-refractivity contribution in [1.29, 1.82) is 0 Å². The molecule has 0 saturated heterocycles. The highest BCUT2D eigenvalue weighted by atomic mass is 35.5. The van der Waals surface area contributed by atoms with Crippen LogP contribution in [0.2, 0.25) is 5.02 Å². The lowest BCUT2D eigenvalue weighted by molar-refractivity contribution is 0.202. The summed E-state index contributed by atoms with van der Waals surface area (Å²) in [5.41, 5.74) is 1.18. The third-order valence-corrected chi connectivity index (χ3v) is 2.62. The van der Waals surface area contributed by atoms with Gasteiger partial charge in [0.05, 0.1) is 22.6 Å². The van der Waals surface area contributed by atoms with Crippen LogP contribution in [0.5, 0.6) is 0 Å². The molecule has 1 unspecified atom stereocenters. The first kappa shape index (κ1) is 12.0. The van der Waals surface area contributed by atoms with E-state index in [1.54, 1.807) is 23.0 Å². The van der Waals surface area contributed by atoms with Crippen molar-refractivity contribution in [3.05, 3.63) is 40.9 Å². The van der Waals surface area contributed by atoms with Gasteiger partial charge in [0.15, 0.2) is 0 Å². The van der Waals surface area contributed by atoms with Crippen molar-refractivity contribution in [2.45, 2.75) is 26.0 Å². The Morgan fingerprint density at radius 3 is 2.88 bits per heavy atom. The van der Waals surface area contributed by atoms with Gasteiger partial charge >= 0.3 is 0 Å². The third kappa shape index (κ3) is 2.62. The SMILES string of the molecule is CCCn1nncc1C(O)c1ccc(Cl)cn1. The van der Waals surface area contributed by atoms with Gasteiger partial charge in [-0.15, -0.1) is 5.10 Å². The zero-order valence-corrected chi connectivity index (χ0v) is 10.2. The lowest BCUT2D eigenvalue weighted by Crippen LogP contribution is -2.11. The lowest BCUT2D eigenvalue weighted by Gasteiger charge is -2.11. The molecule has 0 radical (unpaired) electrons. The molecular formula is C11H13ClN4O. The van der Waals surface area contributed by atoms with Gasteiger partial charge in [-0.3, -0.25) is 4.98 Å². The van der Waals surface area contributed by atoms with Crippen LogP contribution >= 0.6 is 11.6 Å². The first-order valence-electron chi connectivity index (χ1n) is 5.40. The van der Waals surface area contributed by atoms with E-state index < -0.39 is 6.10 Å². The topological polar surface area (TPSA) is 63.8 Å². The molecular weight excluding hydrogens is 240 g/mol. The van der Waals surface area contributed by atoms with E-state index in [0.717, 1.165) is 13.0 Å². The molecule has 0 saturated carbocycles. The molecule has 90 valence electrons. The van der Waals surface area contributed by atoms with Crippen LogP contribution in [0.15, 0.2) is 24.5 Å². The number of rotatable bonds is 4. The summed E-state index contributed by atoms with van der Waals surface area (Å²) in [7, 11) is 0. The first-order chi connectivity index (χ1) is 8.22. The zero-order valence-electron chi connectivity index (χ0n) is 9.41. The van der Waals surface area contributed by atoms with Gasteiger partial charge in [0.25, 0.3) is 0 Å². The molecule has 0 aromatic carbocycles. The van der Waals surface area contributed by atoms with Crippen LogP contribution in [0.1, 0.15) is 30.8 Å². The van der Waals surface area contributed by atoms with E-state index in [1.807, 2.05) is 6.92 Å². The largest absolute Gasteiger partial charge is 0.380 e. The third-order valence-electron chi connectivity index (χ3n) is 2.39. The highest BCUT2D eigenvalue weighted by molar-refractivity contribution is 6.30. The predicted molar refractivity (Wildman–Crippen MR) is 63.6 cm³/mol. The minimum Gasteiger partial charge on any atom is -0.380 e. The Morgan fingerprint density at radius 1 is 1.41 bits per heavy atom. The van der Waals surface area contributed by atoms with Gasteiger partial charge in [0.2, 0.25) is 0 Å². The fraction of sp³-hybridized carbons (Fsp3) is 0.364. The van der Waals surface area contributed by atoms with Crippen LogP contribution in [0.25, 0.3) is 0 Å². The van der Waals surface area contributed by atoms with Gasteiger partial charge in [-0.2, -0.15) is 0 Å². The standard InChI is InChI=1S/C11H13ClN4O/c1-2-5-16-10(7-14-15-16)11(17)9-4-3-8(12)6-13-9/h3-4,6-7,11,17H,2,5H2,1H3. The Morgan fingerprint density at radius 2 is 2.24 bits per heavy atom. The van der Waals surface area contributed by atoms with E-state index >= 15 is 0 Å². The Hall–Kier alpha value is -1.46. The van der Waals surface area contributed by atoms with E-state index in [2.05, 4.69) is 15.3 Å².